The third-order valence-corrected chi connectivity index (χ3v) is 7.46. The summed E-state index contributed by atoms with van der Waals surface area (Å²) < 4.78 is 32.4. The van der Waals surface area contributed by atoms with E-state index in [0.29, 0.717) is 37.4 Å². The molecule has 0 bridgehead atoms. The Hall–Kier alpha value is -2.38. The first-order chi connectivity index (χ1) is 13.8. The number of nitrogens with one attached hydrogen (secondary N) is 1. The van der Waals surface area contributed by atoms with Crippen LogP contribution in [0.2, 0.25) is 0 Å². The Labute approximate surface area is 172 Å². The van der Waals surface area contributed by atoms with Crippen LogP contribution in [0.4, 0.5) is 0 Å². The van der Waals surface area contributed by atoms with Gasteiger partial charge in [-0.05, 0) is 67.6 Å². The van der Waals surface area contributed by atoms with Crippen molar-refractivity contribution in [1.82, 2.24) is 9.62 Å². The molecule has 1 saturated heterocycles. The van der Waals surface area contributed by atoms with E-state index in [2.05, 4.69) is 5.32 Å². The summed E-state index contributed by atoms with van der Waals surface area (Å²) in [6.45, 7) is 5.03. The molecule has 1 N–H and O–H groups in total. The predicted octanol–water partition coefficient (Wildman–Crippen LogP) is 3.03. The number of aryl methyl sites for hydroxylation is 2. The number of methoxy groups -OCH3 is 1. The largest absolute Gasteiger partial charge is 0.497 e. The van der Waals surface area contributed by atoms with Gasteiger partial charge in [0.25, 0.3) is 0 Å². The average molecular weight is 417 g/mol. The lowest BCUT2D eigenvalue weighted by molar-refractivity contribution is -0.126. The molecule has 0 spiro atoms. The molecule has 7 heteroatoms. The van der Waals surface area contributed by atoms with Crippen molar-refractivity contribution < 1.29 is 17.9 Å². The van der Waals surface area contributed by atoms with Gasteiger partial charge in [0, 0.05) is 25.6 Å². The number of rotatable bonds is 6. The zero-order valence-electron chi connectivity index (χ0n) is 17.1. The summed E-state index contributed by atoms with van der Waals surface area (Å²) in [6.07, 6.45) is 1.05. The molecule has 1 aliphatic heterocycles. The number of sulfonamides is 1. The lowest BCUT2D eigenvalue weighted by Gasteiger charge is -2.30. The maximum Gasteiger partial charge on any atom is 0.243 e. The molecule has 2 aromatic carbocycles. The second-order valence-electron chi connectivity index (χ2n) is 7.49. The van der Waals surface area contributed by atoms with E-state index >= 15 is 0 Å². The molecule has 1 heterocycles. The third-order valence-electron chi connectivity index (χ3n) is 5.57. The summed E-state index contributed by atoms with van der Waals surface area (Å²) in [7, 11) is -1.91. The SMILES string of the molecule is COc1ccc(CNC(=O)C2CCN(S(=O)(=O)c3ccc(C)c(C)c3)CC2)cc1. The summed E-state index contributed by atoms with van der Waals surface area (Å²) >= 11 is 0. The highest BCUT2D eigenvalue weighted by molar-refractivity contribution is 7.89. The van der Waals surface area contributed by atoms with Gasteiger partial charge in [-0.25, -0.2) is 8.42 Å². The first-order valence-electron chi connectivity index (χ1n) is 9.79. The van der Waals surface area contributed by atoms with Crippen molar-refractivity contribution in [1.29, 1.82) is 0 Å². The number of hydrogen-bond acceptors (Lipinski definition) is 4. The maximum absolute atomic E-state index is 12.9. The number of hydrogen-bond donors (Lipinski definition) is 1. The van der Waals surface area contributed by atoms with Crippen molar-refractivity contribution in [2.24, 2.45) is 5.92 Å². The van der Waals surface area contributed by atoms with Gasteiger partial charge in [-0.2, -0.15) is 4.31 Å². The molecule has 156 valence electrons. The normalized spacial score (nSPS) is 15.8. The van der Waals surface area contributed by atoms with Crippen molar-refractivity contribution >= 4 is 15.9 Å². The van der Waals surface area contributed by atoms with Crippen LogP contribution in [0, 0.1) is 19.8 Å². The highest BCUT2D eigenvalue weighted by atomic mass is 32.2. The van der Waals surface area contributed by atoms with E-state index in [4.69, 9.17) is 4.74 Å². The van der Waals surface area contributed by atoms with Crippen LogP contribution in [-0.4, -0.2) is 38.8 Å². The first-order valence-corrected chi connectivity index (χ1v) is 11.2. The molecule has 0 radical (unpaired) electrons. The third kappa shape index (κ3) is 4.97. The van der Waals surface area contributed by atoms with E-state index < -0.39 is 10.0 Å². The quantitative estimate of drug-likeness (QED) is 0.785. The van der Waals surface area contributed by atoms with Crippen LogP contribution in [0.5, 0.6) is 5.75 Å². The molecular formula is C22H28N2O4S. The molecule has 29 heavy (non-hydrogen) atoms. The molecule has 6 nitrogen and oxygen atoms in total. The van der Waals surface area contributed by atoms with E-state index in [-0.39, 0.29) is 11.8 Å². The van der Waals surface area contributed by atoms with Crippen molar-refractivity contribution in [3.05, 3.63) is 59.2 Å². The number of benzene rings is 2. The van der Waals surface area contributed by atoms with Crippen molar-refractivity contribution in [3.63, 3.8) is 0 Å². The van der Waals surface area contributed by atoms with Crippen LogP contribution < -0.4 is 10.1 Å². The lowest BCUT2D eigenvalue weighted by Crippen LogP contribution is -2.42. The summed E-state index contributed by atoms with van der Waals surface area (Å²) in [5, 5.41) is 2.96. The van der Waals surface area contributed by atoms with Crippen molar-refractivity contribution in [2.45, 2.75) is 38.1 Å². The minimum absolute atomic E-state index is 0.0240. The van der Waals surface area contributed by atoms with Crippen LogP contribution in [0.25, 0.3) is 0 Å². The summed E-state index contributed by atoms with van der Waals surface area (Å²) in [5.74, 6) is 0.584. The van der Waals surface area contributed by atoms with Gasteiger partial charge >= 0.3 is 0 Å². The molecular weight excluding hydrogens is 388 g/mol. The number of carbonyl (C=O) groups excluding carboxylic acids is 1. The lowest BCUT2D eigenvalue weighted by atomic mass is 9.97. The van der Waals surface area contributed by atoms with Crippen molar-refractivity contribution in [2.75, 3.05) is 20.2 Å². The van der Waals surface area contributed by atoms with Gasteiger partial charge in [0.15, 0.2) is 0 Å². The molecule has 0 atom stereocenters. The van der Waals surface area contributed by atoms with E-state index in [1.165, 1.54) is 4.31 Å². The van der Waals surface area contributed by atoms with Crippen LogP contribution in [0.15, 0.2) is 47.4 Å². The number of ether oxygens (including phenoxy) is 1. The highest BCUT2D eigenvalue weighted by Gasteiger charge is 2.32. The molecule has 3 rings (SSSR count). The number of piperidine rings is 1. The fourth-order valence-corrected chi connectivity index (χ4v) is 5.01. The molecule has 0 aliphatic carbocycles. The second kappa shape index (κ2) is 8.97. The minimum Gasteiger partial charge on any atom is -0.497 e. The van der Waals surface area contributed by atoms with Crippen LogP contribution in [0.3, 0.4) is 0 Å². The van der Waals surface area contributed by atoms with Crippen LogP contribution in [-0.2, 0) is 21.4 Å². The van der Waals surface area contributed by atoms with Gasteiger partial charge in [-0.3, -0.25) is 4.79 Å². The topological polar surface area (TPSA) is 75.7 Å². The predicted molar refractivity (Wildman–Crippen MR) is 112 cm³/mol. The molecule has 2 aromatic rings. The van der Waals surface area contributed by atoms with E-state index in [1.54, 1.807) is 19.2 Å². The van der Waals surface area contributed by atoms with E-state index in [9.17, 15) is 13.2 Å². The van der Waals surface area contributed by atoms with Crippen molar-refractivity contribution in [3.8, 4) is 5.75 Å². The zero-order valence-corrected chi connectivity index (χ0v) is 18.0. The molecule has 1 fully saturated rings. The van der Waals surface area contributed by atoms with Gasteiger partial charge < -0.3 is 10.1 Å². The fourth-order valence-electron chi connectivity index (χ4n) is 3.46. The standard InChI is InChI=1S/C22H28N2O4S/c1-16-4-9-21(14-17(16)2)29(26,27)24-12-10-19(11-13-24)22(25)23-15-18-5-7-20(28-3)8-6-18/h4-9,14,19H,10-13,15H2,1-3H3,(H,23,25). The first kappa shape index (κ1) is 21.3. The molecule has 1 aliphatic rings. The Balaban J connectivity index is 1.54. The molecule has 0 unspecified atom stereocenters. The molecule has 1 amide bonds. The Morgan fingerprint density at radius 2 is 1.72 bits per heavy atom. The number of nitrogens with zero attached hydrogens (tertiary/aromatic N) is 1. The van der Waals surface area contributed by atoms with Gasteiger partial charge in [-0.1, -0.05) is 18.2 Å². The van der Waals surface area contributed by atoms with E-state index in [0.717, 1.165) is 22.4 Å². The zero-order chi connectivity index (χ0) is 21.0. The van der Waals surface area contributed by atoms with E-state index in [1.807, 2.05) is 44.2 Å². The summed E-state index contributed by atoms with van der Waals surface area (Å²) in [5.41, 5.74) is 3.02. The van der Waals surface area contributed by atoms with Crippen LogP contribution in [0.1, 0.15) is 29.5 Å². The fraction of sp³-hybridized carbons (Fsp3) is 0.409. The monoisotopic (exact) mass is 416 g/mol. The molecule has 0 saturated carbocycles. The number of carbonyl (C=O) groups is 1. The smallest absolute Gasteiger partial charge is 0.243 e. The Kier molecular flexibility index (Phi) is 6.59. The number of amides is 1. The second-order valence-corrected chi connectivity index (χ2v) is 9.43. The minimum atomic E-state index is -3.52. The maximum atomic E-state index is 12.9. The molecule has 0 aromatic heterocycles. The summed E-state index contributed by atoms with van der Waals surface area (Å²) in [6, 6.07) is 12.8. The van der Waals surface area contributed by atoms with Crippen LogP contribution >= 0.6 is 0 Å². The summed E-state index contributed by atoms with van der Waals surface area (Å²) in [4.78, 5) is 12.8. The van der Waals surface area contributed by atoms with Gasteiger partial charge in [0.2, 0.25) is 15.9 Å². The van der Waals surface area contributed by atoms with Gasteiger partial charge in [-0.15, -0.1) is 0 Å². The Bertz CT molecular complexity index is 963. The van der Waals surface area contributed by atoms with Gasteiger partial charge in [0.1, 0.15) is 5.75 Å². The Morgan fingerprint density at radius 1 is 1.07 bits per heavy atom. The average Bonchev–Trinajstić information content (AvgIpc) is 2.74. The highest BCUT2D eigenvalue weighted by Crippen LogP contribution is 2.25. The van der Waals surface area contributed by atoms with Gasteiger partial charge in [0.05, 0.1) is 12.0 Å². The Morgan fingerprint density at radius 3 is 2.31 bits per heavy atom.